The summed E-state index contributed by atoms with van der Waals surface area (Å²) in [5, 5.41) is 9.86. The van der Waals surface area contributed by atoms with Crippen LogP contribution in [0.25, 0.3) is 0 Å². The number of aromatic nitrogens is 2. The smallest absolute Gasteiger partial charge is 0.319 e. The Kier molecular flexibility index (Phi) is 5.74. The molecule has 1 heterocycles. The van der Waals surface area contributed by atoms with Gasteiger partial charge in [-0.05, 0) is 48.6 Å². The van der Waals surface area contributed by atoms with Gasteiger partial charge in [0.15, 0.2) is 5.82 Å². The predicted octanol–water partition coefficient (Wildman–Crippen LogP) is 3.91. The van der Waals surface area contributed by atoms with Crippen LogP contribution in [0.1, 0.15) is 41.6 Å². The van der Waals surface area contributed by atoms with Crippen LogP contribution >= 0.6 is 0 Å². The number of ether oxygens (including phenoxy) is 1. The van der Waals surface area contributed by atoms with Crippen LogP contribution in [0.3, 0.4) is 0 Å². The first-order valence-electron chi connectivity index (χ1n) is 9.79. The molecule has 7 nitrogen and oxygen atoms in total. The number of carbonyl (C=O) groups is 1. The van der Waals surface area contributed by atoms with Gasteiger partial charge in [-0.25, -0.2) is 4.79 Å². The van der Waals surface area contributed by atoms with Crippen molar-refractivity contribution in [3.05, 3.63) is 71.4 Å². The van der Waals surface area contributed by atoms with Crippen LogP contribution < -0.4 is 15.4 Å². The molecule has 1 aliphatic carbocycles. The molecule has 2 N–H and O–H groups in total. The van der Waals surface area contributed by atoms with Crippen molar-refractivity contribution in [2.45, 2.75) is 31.6 Å². The van der Waals surface area contributed by atoms with Crippen molar-refractivity contribution in [1.82, 2.24) is 15.5 Å². The third-order valence-corrected chi connectivity index (χ3v) is 4.89. The van der Waals surface area contributed by atoms with Gasteiger partial charge in [0.2, 0.25) is 5.89 Å². The summed E-state index contributed by atoms with van der Waals surface area (Å²) in [6.07, 6.45) is 3.49. The van der Waals surface area contributed by atoms with Gasteiger partial charge in [0.1, 0.15) is 5.75 Å². The number of amides is 2. The van der Waals surface area contributed by atoms with Gasteiger partial charge < -0.3 is 19.9 Å². The number of anilines is 1. The van der Waals surface area contributed by atoms with Crippen molar-refractivity contribution in [2.75, 3.05) is 19.0 Å². The number of para-hydroxylation sites is 1. The number of methoxy groups -OCH3 is 1. The van der Waals surface area contributed by atoms with E-state index >= 15 is 0 Å². The van der Waals surface area contributed by atoms with Gasteiger partial charge in [-0.3, -0.25) is 0 Å². The monoisotopic (exact) mass is 392 g/mol. The summed E-state index contributed by atoms with van der Waals surface area (Å²) in [7, 11) is 1.64. The molecule has 150 valence electrons. The molecular weight excluding hydrogens is 368 g/mol. The average Bonchev–Trinajstić information content (AvgIpc) is 3.49. The summed E-state index contributed by atoms with van der Waals surface area (Å²) in [4.78, 5) is 16.8. The Morgan fingerprint density at radius 2 is 1.97 bits per heavy atom. The third kappa shape index (κ3) is 5.13. The van der Waals surface area contributed by atoms with Gasteiger partial charge in [0.05, 0.1) is 13.5 Å². The van der Waals surface area contributed by atoms with Crippen LogP contribution in [0.15, 0.2) is 53.1 Å². The van der Waals surface area contributed by atoms with Crippen LogP contribution in [0.2, 0.25) is 0 Å². The van der Waals surface area contributed by atoms with Crippen molar-refractivity contribution in [3.63, 3.8) is 0 Å². The van der Waals surface area contributed by atoms with Gasteiger partial charge in [-0.2, -0.15) is 4.98 Å². The minimum Gasteiger partial charge on any atom is -0.497 e. The van der Waals surface area contributed by atoms with Gasteiger partial charge in [-0.1, -0.05) is 35.5 Å². The Bertz CT molecular complexity index is 964. The van der Waals surface area contributed by atoms with E-state index in [-0.39, 0.29) is 6.03 Å². The van der Waals surface area contributed by atoms with Crippen LogP contribution in [0, 0.1) is 0 Å². The Morgan fingerprint density at radius 3 is 2.72 bits per heavy atom. The molecule has 2 amide bonds. The van der Waals surface area contributed by atoms with Crippen LogP contribution in [0.5, 0.6) is 5.75 Å². The summed E-state index contributed by atoms with van der Waals surface area (Å²) < 4.78 is 10.5. The molecule has 0 atom stereocenters. The van der Waals surface area contributed by atoms with Crippen molar-refractivity contribution in [2.24, 2.45) is 0 Å². The van der Waals surface area contributed by atoms with Crippen molar-refractivity contribution >= 4 is 11.7 Å². The molecule has 1 saturated carbocycles. The van der Waals surface area contributed by atoms with E-state index in [1.54, 1.807) is 7.11 Å². The second kappa shape index (κ2) is 8.77. The lowest BCUT2D eigenvalue weighted by atomic mass is 10.1. The quantitative estimate of drug-likeness (QED) is 0.607. The van der Waals surface area contributed by atoms with Crippen LogP contribution in [0.4, 0.5) is 10.5 Å². The normalized spacial score (nSPS) is 13.1. The number of benzene rings is 2. The molecule has 3 aromatic rings. The lowest BCUT2D eigenvalue weighted by Gasteiger charge is -2.11. The number of rotatable bonds is 8. The van der Waals surface area contributed by atoms with E-state index in [2.05, 4.69) is 20.8 Å². The molecule has 0 aliphatic heterocycles. The molecule has 0 spiro atoms. The van der Waals surface area contributed by atoms with E-state index in [4.69, 9.17) is 9.26 Å². The van der Waals surface area contributed by atoms with E-state index in [0.29, 0.717) is 24.8 Å². The standard InChI is InChI=1S/C22H24N4O3/c1-28-18-10-6-15(7-11-18)12-13-23-22(27)24-19-5-3-2-4-17(19)14-20-25-21(26-29-20)16-8-9-16/h2-7,10-11,16H,8-9,12-14H2,1H3,(H2,23,24,27). The van der Waals surface area contributed by atoms with E-state index in [9.17, 15) is 4.79 Å². The zero-order valence-electron chi connectivity index (χ0n) is 16.4. The molecule has 4 rings (SSSR count). The Hall–Kier alpha value is -3.35. The first-order chi connectivity index (χ1) is 14.2. The summed E-state index contributed by atoms with van der Waals surface area (Å²) in [5.74, 6) is 2.64. The number of carbonyl (C=O) groups excluding carboxylic acids is 1. The molecule has 29 heavy (non-hydrogen) atoms. The summed E-state index contributed by atoms with van der Waals surface area (Å²) >= 11 is 0. The van der Waals surface area contributed by atoms with Crippen LogP contribution in [-0.2, 0) is 12.8 Å². The van der Waals surface area contributed by atoms with Gasteiger partial charge in [0.25, 0.3) is 0 Å². The van der Waals surface area contributed by atoms with Crippen molar-refractivity contribution < 1.29 is 14.1 Å². The number of urea groups is 1. The second-order valence-electron chi connectivity index (χ2n) is 7.13. The Labute approximate surface area is 169 Å². The number of hydrogen-bond donors (Lipinski definition) is 2. The maximum absolute atomic E-state index is 12.3. The summed E-state index contributed by atoms with van der Waals surface area (Å²) in [6, 6.07) is 15.2. The second-order valence-corrected chi connectivity index (χ2v) is 7.13. The lowest BCUT2D eigenvalue weighted by molar-refractivity contribution is 0.252. The molecular formula is C22H24N4O3. The summed E-state index contributed by atoms with van der Waals surface area (Å²) in [6.45, 7) is 0.536. The molecule has 1 aliphatic rings. The minimum absolute atomic E-state index is 0.241. The lowest BCUT2D eigenvalue weighted by Crippen LogP contribution is -2.30. The van der Waals surface area contributed by atoms with Gasteiger partial charge in [0, 0.05) is 18.2 Å². The van der Waals surface area contributed by atoms with Crippen molar-refractivity contribution in [1.29, 1.82) is 0 Å². The van der Waals surface area contributed by atoms with E-state index in [1.807, 2.05) is 48.5 Å². The molecule has 1 aromatic heterocycles. The molecule has 0 saturated heterocycles. The molecule has 0 bridgehead atoms. The van der Waals surface area contributed by atoms with E-state index in [1.165, 1.54) is 0 Å². The highest BCUT2D eigenvalue weighted by atomic mass is 16.5. The molecule has 2 aromatic carbocycles. The molecule has 7 heteroatoms. The summed E-state index contributed by atoms with van der Waals surface area (Å²) in [5.41, 5.74) is 2.80. The highest BCUT2D eigenvalue weighted by Gasteiger charge is 2.28. The molecule has 1 fully saturated rings. The SMILES string of the molecule is COc1ccc(CCNC(=O)Nc2ccccc2Cc2nc(C3CC3)no2)cc1. The van der Waals surface area contributed by atoms with Gasteiger partial charge in [-0.15, -0.1) is 0 Å². The minimum atomic E-state index is -0.241. The topological polar surface area (TPSA) is 89.3 Å². The molecule has 0 radical (unpaired) electrons. The van der Waals surface area contributed by atoms with Crippen LogP contribution in [-0.4, -0.2) is 29.8 Å². The molecule has 0 unspecified atom stereocenters. The average molecular weight is 392 g/mol. The largest absolute Gasteiger partial charge is 0.497 e. The fourth-order valence-electron chi connectivity index (χ4n) is 3.09. The first-order valence-corrected chi connectivity index (χ1v) is 9.79. The Balaban J connectivity index is 1.30. The fraction of sp³-hybridized carbons (Fsp3) is 0.318. The number of nitrogens with zero attached hydrogens (tertiary/aromatic N) is 2. The zero-order valence-corrected chi connectivity index (χ0v) is 16.4. The predicted molar refractivity (Wildman–Crippen MR) is 109 cm³/mol. The number of nitrogens with one attached hydrogen (secondary N) is 2. The maximum Gasteiger partial charge on any atom is 0.319 e. The van der Waals surface area contributed by atoms with E-state index in [0.717, 1.165) is 47.7 Å². The highest BCUT2D eigenvalue weighted by molar-refractivity contribution is 5.90. The van der Waals surface area contributed by atoms with Crippen molar-refractivity contribution in [3.8, 4) is 5.75 Å². The fourth-order valence-corrected chi connectivity index (χ4v) is 3.09. The first kappa shape index (κ1) is 19.0. The zero-order chi connectivity index (χ0) is 20.1. The maximum atomic E-state index is 12.3. The van der Waals surface area contributed by atoms with Gasteiger partial charge >= 0.3 is 6.03 Å². The third-order valence-electron chi connectivity index (χ3n) is 4.89. The highest BCUT2D eigenvalue weighted by Crippen LogP contribution is 2.38. The van der Waals surface area contributed by atoms with E-state index < -0.39 is 0 Å². The number of hydrogen-bond acceptors (Lipinski definition) is 5. The Morgan fingerprint density at radius 1 is 1.17 bits per heavy atom.